The molecule has 0 aromatic heterocycles. The predicted octanol–water partition coefficient (Wildman–Crippen LogP) is 3.11. The van der Waals surface area contributed by atoms with Crippen molar-refractivity contribution in [1.29, 1.82) is 0 Å². The van der Waals surface area contributed by atoms with Crippen molar-refractivity contribution in [2.45, 2.75) is 38.6 Å². The molecule has 1 aliphatic heterocycles. The van der Waals surface area contributed by atoms with Gasteiger partial charge in [-0.3, -0.25) is 4.90 Å². The van der Waals surface area contributed by atoms with Gasteiger partial charge in [-0.2, -0.15) is 0 Å². The lowest BCUT2D eigenvalue weighted by molar-refractivity contribution is 0.129. The molecule has 1 aromatic carbocycles. The van der Waals surface area contributed by atoms with Crippen LogP contribution in [0.3, 0.4) is 0 Å². The molecule has 0 radical (unpaired) electrons. The van der Waals surface area contributed by atoms with Crippen molar-refractivity contribution in [2.24, 2.45) is 5.92 Å². The smallest absolute Gasteiger partial charge is 0.119 e. The standard InChI is InChI=1S/C15H21NO/c1-11-4-3-9-16(10-11)14-8-7-13-12(14)5-2-6-15(13)17/h2,5-6,11,14,17H,3-4,7-10H2,1H3. The second-order valence-electron chi connectivity index (χ2n) is 5.64. The molecule has 0 spiro atoms. The quantitative estimate of drug-likeness (QED) is 0.802. The Bertz CT molecular complexity index is 415. The van der Waals surface area contributed by atoms with E-state index >= 15 is 0 Å². The molecule has 0 saturated carbocycles. The largest absolute Gasteiger partial charge is 0.508 e. The van der Waals surface area contributed by atoms with Crippen LogP contribution in [-0.2, 0) is 6.42 Å². The Kier molecular flexibility index (Phi) is 2.83. The fourth-order valence-corrected chi connectivity index (χ4v) is 3.50. The van der Waals surface area contributed by atoms with Crippen LogP contribution in [0.1, 0.15) is 43.4 Å². The van der Waals surface area contributed by atoms with Gasteiger partial charge in [-0.15, -0.1) is 0 Å². The van der Waals surface area contributed by atoms with Gasteiger partial charge in [-0.05, 0) is 55.3 Å². The van der Waals surface area contributed by atoms with Crippen LogP contribution < -0.4 is 0 Å². The van der Waals surface area contributed by atoms with E-state index in [1.54, 1.807) is 0 Å². The first-order valence-corrected chi connectivity index (χ1v) is 6.80. The molecule has 1 aliphatic carbocycles. The van der Waals surface area contributed by atoms with Crippen molar-refractivity contribution >= 4 is 0 Å². The average molecular weight is 231 g/mol. The summed E-state index contributed by atoms with van der Waals surface area (Å²) in [6.45, 7) is 4.80. The Morgan fingerprint density at radius 2 is 2.18 bits per heavy atom. The highest BCUT2D eigenvalue weighted by molar-refractivity contribution is 5.44. The molecule has 2 atom stereocenters. The zero-order valence-electron chi connectivity index (χ0n) is 10.5. The number of nitrogens with zero attached hydrogens (tertiary/aromatic N) is 1. The van der Waals surface area contributed by atoms with Gasteiger partial charge in [-0.1, -0.05) is 19.1 Å². The topological polar surface area (TPSA) is 23.5 Å². The molecule has 2 nitrogen and oxygen atoms in total. The van der Waals surface area contributed by atoms with Gasteiger partial charge in [0.2, 0.25) is 0 Å². The molecule has 3 rings (SSSR count). The number of fused-ring (bicyclic) bond motifs is 1. The van der Waals surface area contributed by atoms with Crippen molar-refractivity contribution in [3.05, 3.63) is 29.3 Å². The number of aromatic hydroxyl groups is 1. The molecule has 1 fully saturated rings. The van der Waals surface area contributed by atoms with Crippen LogP contribution >= 0.6 is 0 Å². The molecule has 1 N–H and O–H groups in total. The average Bonchev–Trinajstić information content (AvgIpc) is 2.74. The SMILES string of the molecule is CC1CCCN(C2CCc3c(O)cccc32)C1. The maximum Gasteiger partial charge on any atom is 0.119 e. The summed E-state index contributed by atoms with van der Waals surface area (Å²) in [5.41, 5.74) is 2.56. The maximum atomic E-state index is 9.88. The summed E-state index contributed by atoms with van der Waals surface area (Å²) in [6, 6.07) is 6.56. The normalized spacial score (nSPS) is 29.2. The number of phenols is 1. The van der Waals surface area contributed by atoms with E-state index < -0.39 is 0 Å². The van der Waals surface area contributed by atoms with Gasteiger partial charge < -0.3 is 5.11 Å². The summed E-state index contributed by atoms with van der Waals surface area (Å²) in [5, 5.41) is 9.88. The Labute approximate surface area is 103 Å². The maximum absolute atomic E-state index is 9.88. The molecule has 1 saturated heterocycles. The minimum atomic E-state index is 0.495. The number of piperidine rings is 1. The van der Waals surface area contributed by atoms with E-state index in [0.29, 0.717) is 11.8 Å². The lowest BCUT2D eigenvalue weighted by Crippen LogP contribution is -2.36. The van der Waals surface area contributed by atoms with Crippen LogP contribution in [-0.4, -0.2) is 23.1 Å². The molecule has 17 heavy (non-hydrogen) atoms. The lowest BCUT2D eigenvalue weighted by atomic mass is 9.97. The van der Waals surface area contributed by atoms with Gasteiger partial charge in [-0.25, -0.2) is 0 Å². The fraction of sp³-hybridized carbons (Fsp3) is 0.600. The molecule has 2 heteroatoms. The highest BCUT2D eigenvalue weighted by atomic mass is 16.3. The van der Waals surface area contributed by atoms with Crippen LogP contribution in [0.15, 0.2) is 18.2 Å². The molecular weight excluding hydrogens is 210 g/mol. The molecule has 2 aliphatic rings. The van der Waals surface area contributed by atoms with Gasteiger partial charge in [0.05, 0.1) is 0 Å². The number of hydrogen-bond acceptors (Lipinski definition) is 2. The minimum absolute atomic E-state index is 0.495. The van der Waals surface area contributed by atoms with Crippen molar-refractivity contribution in [1.82, 2.24) is 4.90 Å². The minimum Gasteiger partial charge on any atom is -0.508 e. The fourth-order valence-electron chi connectivity index (χ4n) is 3.50. The predicted molar refractivity (Wildman–Crippen MR) is 69.1 cm³/mol. The van der Waals surface area contributed by atoms with E-state index in [1.807, 2.05) is 12.1 Å². The van der Waals surface area contributed by atoms with E-state index in [-0.39, 0.29) is 0 Å². The lowest BCUT2D eigenvalue weighted by Gasteiger charge is -2.36. The van der Waals surface area contributed by atoms with Crippen LogP contribution in [0, 0.1) is 5.92 Å². The monoisotopic (exact) mass is 231 g/mol. The summed E-state index contributed by atoms with van der Waals surface area (Å²) in [4.78, 5) is 2.62. The summed E-state index contributed by atoms with van der Waals surface area (Å²) in [5.74, 6) is 1.32. The van der Waals surface area contributed by atoms with Crippen molar-refractivity contribution in [3.8, 4) is 5.75 Å². The van der Waals surface area contributed by atoms with E-state index in [0.717, 1.165) is 12.3 Å². The molecule has 0 amide bonds. The van der Waals surface area contributed by atoms with Gasteiger partial charge in [0.1, 0.15) is 5.75 Å². The zero-order chi connectivity index (χ0) is 11.8. The summed E-state index contributed by atoms with van der Waals surface area (Å²) in [7, 11) is 0. The molecule has 2 unspecified atom stereocenters. The van der Waals surface area contributed by atoms with E-state index in [2.05, 4.69) is 17.9 Å². The van der Waals surface area contributed by atoms with Crippen molar-refractivity contribution in [2.75, 3.05) is 13.1 Å². The first kappa shape index (κ1) is 11.1. The second kappa shape index (κ2) is 4.34. The highest BCUT2D eigenvalue weighted by Crippen LogP contribution is 2.41. The van der Waals surface area contributed by atoms with Crippen molar-refractivity contribution < 1.29 is 5.11 Å². The summed E-state index contributed by atoms with van der Waals surface area (Å²) >= 11 is 0. The van der Waals surface area contributed by atoms with E-state index in [1.165, 1.54) is 43.5 Å². The first-order chi connectivity index (χ1) is 8.25. The van der Waals surface area contributed by atoms with Gasteiger partial charge in [0, 0.05) is 12.6 Å². The molecule has 0 bridgehead atoms. The Hall–Kier alpha value is -1.02. The van der Waals surface area contributed by atoms with Crippen LogP contribution in [0.5, 0.6) is 5.75 Å². The zero-order valence-corrected chi connectivity index (χ0v) is 10.5. The number of likely N-dealkylation sites (tertiary alicyclic amines) is 1. The van der Waals surface area contributed by atoms with Gasteiger partial charge >= 0.3 is 0 Å². The second-order valence-corrected chi connectivity index (χ2v) is 5.64. The number of rotatable bonds is 1. The molecule has 1 heterocycles. The third-order valence-corrected chi connectivity index (χ3v) is 4.34. The summed E-state index contributed by atoms with van der Waals surface area (Å²) in [6.07, 6.45) is 4.92. The molecule has 1 aromatic rings. The molecular formula is C15H21NO. The third kappa shape index (κ3) is 1.95. The third-order valence-electron chi connectivity index (χ3n) is 4.34. The highest BCUT2D eigenvalue weighted by Gasteiger charge is 2.31. The van der Waals surface area contributed by atoms with Gasteiger partial charge in [0.25, 0.3) is 0 Å². The van der Waals surface area contributed by atoms with Crippen LogP contribution in [0.2, 0.25) is 0 Å². The Balaban J connectivity index is 1.85. The van der Waals surface area contributed by atoms with Crippen LogP contribution in [0.25, 0.3) is 0 Å². The number of benzene rings is 1. The Morgan fingerprint density at radius 3 is 3.00 bits per heavy atom. The van der Waals surface area contributed by atoms with E-state index in [9.17, 15) is 5.11 Å². The Morgan fingerprint density at radius 1 is 1.29 bits per heavy atom. The van der Waals surface area contributed by atoms with Crippen molar-refractivity contribution in [3.63, 3.8) is 0 Å². The number of hydrogen-bond donors (Lipinski definition) is 1. The summed E-state index contributed by atoms with van der Waals surface area (Å²) < 4.78 is 0. The van der Waals surface area contributed by atoms with Crippen LogP contribution in [0.4, 0.5) is 0 Å². The van der Waals surface area contributed by atoms with E-state index in [4.69, 9.17) is 0 Å². The first-order valence-electron chi connectivity index (χ1n) is 6.80. The number of phenolic OH excluding ortho intramolecular Hbond substituents is 1. The molecule has 92 valence electrons. The van der Waals surface area contributed by atoms with Gasteiger partial charge in [0.15, 0.2) is 0 Å².